The zero-order chi connectivity index (χ0) is 13.8. The molecule has 4 nitrogen and oxygen atoms in total. The monoisotopic (exact) mass is 300 g/mol. The van der Waals surface area contributed by atoms with E-state index in [4.69, 9.17) is 27.7 Å². The highest BCUT2D eigenvalue weighted by atomic mass is 35.5. The number of hydrogen-bond donors (Lipinski definition) is 1. The Bertz CT molecular complexity index is 535. The van der Waals surface area contributed by atoms with Crippen LogP contribution >= 0.6 is 23.2 Å². The number of halogens is 2. The number of aryl methyl sites for hydroxylation is 1. The maximum absolute atomic E-state index is 9.20. The van der Waals surface area contributed by atoms with Gasteiger partial charge in [-0.1, -0.05) is 34.4 Å². The predicted octanol–water partition coefficient (Wildman–Crippen LogP) is 3.28. The van der Waals surface area contributed by atoms with Crippen LogP contribution < -0.4 is 0 Å². The van der Waals surface area contributed by atoms with Crippen molar-refractivity contribution < 1.29 is 9.63 Å². The van der Waals surface area contributed by atoms with Gasteiger partial charge in [0.2, 0.25) is 5.89 Å². The molecule has 2 aromatic rings. The number of hydrogen-bond acceptors (Lipinski definition) is 4. The van der Waals surface area contributed by atoms with Gasteiger partial charge in [0, 0.05) is 22.9 Å². The molecule has 1 unspecified atom stereocenters. The van der Waals surface area contributed by atoms with Gasteiger partial charge in [0.15, 0.2) is 5.82 Å². The summed E-state index contributed by atoms with van der Waals surface area (Å²) in [5, 5.41) is 14.3. The van der Waals surface area contributed by atoms with E-state index >= 15 is 0 Å². The van der Waals surface area contributed by atoms with E-state index in [1.54, 1.807) is 25.1 Å². The Morgan fingerprint density at radius 2 is 2.00 bits per heavy atom. The van der Waals surface area contributed by atoms with Crippen LogP contribution in [0.25, 0.3) is 0 Å². The van der Waals surface area contributed by atoms with Crippen molar-refractivity contribution in [3.05, 3.63) is 45.5 Å². The summed E-state index contributed by atoms with van der Waals surface area (Å²) < 4.78 is 5.11. The number of aromatic nitrogens is 2. The van der Waals surface area contributed by atoms with E-state index < -0.39 is 0 Å². The van der Waals surface area contributed by atoms with Gasteiger partial charge < -0.3 is 9.63 Å². The van der Waals surface area contributed by atoms with Crippen molar-refractivity contribution in [2.24, 2.45) is 0 Å². The molecule has 0 aliphatic heterocycles. The fourth-order valence-corrected chi connectivity index (χ4v) is 2.19. The van der Waals surface area contributed by atoms with Crippen LogP contribution in [-0.4, -0.2) is 21.4 Å². The number of rotatable bonds is 5. The lowest BCUT2D eigenvalue weighted by atomic mass is 10.1. The van der Waals surface area contributed by atoms with E-state index in [-0.39, 0.29) is 6.10 Å². The lowest BCUT2D eigenvalue weighted by molar-refractivity contribution is 0.180. The van der Waals surface area contributed by atoms with Crippen LogP contribution in [0.4, 0.5) is 0 Å². The molecule has 0 saturated carbocycles. The van der Waals surface area contributed by atoms with Crippen LogP contribution in [0.1, 0.15) is 30.6 Å². The highest BCUT2D eigenvalue weighted by Crippen LogP contribution is 2.26. The van der Waals surface area contributed by atoms with E-state index in [2.05, 4.69) is 10.1 Å². The minimum atomic E-state index is -0.381. The number of aliphatic hydroxyl groups excluding tert-OH is 1. The molecule has 1 N–H and O–H groups in total. The molecular weight excluding hydrogens is 287 g/mol. The Morgan fingerprint density at radius 1 is 1.32 bits per heavy atom. The molecule has 0 bridgehead atoms. The van der Waals surface area contributed by atoms with Crippen molar-refractivity contribution in [2.75, 3.05) is 0 Å². The lowest BCUT2D eigenvalue weighted by Gasteiger charge is -2.03. The topological polar surface area (TPSA) is 59.2 Å². The molecule has 6 heteroatoms. The van der Waals surface area contributed by atoms with Crippen molar-refractivity contribution in [2.45, 2.75) is 32.3 Å². The third-order valence-electron chi connectivity index (χ3n) is 2.68. The van der Waals surface area contributed by atoms with E-state index in [1.807, 2.05) is 0 Å². The number of benzene rings is 1. The summed E-state index contributed by atoms with van der Waals surface area (Å²) in [6.07, 6.45) is 1.19. The number of nitrogens with zero attached hydrogens (tertiary/aromatic N) is 2. The molecule has 0 spiro atoms. The maximum atomic E-state index is 9.20. The molecule has 1 atom stereocenters. The summed E-state index contributed by atoms with van der Waals surface area (Å²) in [5.41, 5.74) is 0.786. The van der Waals surface area contributed by atoms with Crippen molar-refractivity contribution in [1.29, 1.82) is 0 Å². The van der Waals surface area contributed by atoms with Crippen molar-refractivity contribution in [1.82, 2.24) is 10.1 Å². The second-order valence-corrected chi connectivity index (χ2v) is 5.18. The third-order valence-corrected chi connectivity index (χ3v) is 3.39. The van der Waals surface area contributed by atoms with E-state index in [1.165, 1.54) is 0 Å². The van der Waals surface area contributed by atoms with Crippen LogP contribution in [0.3, 0.4) is 0 Å². The highest BCUT2D eigenvalue weighted by molar-refractivity contribution is 6.36. The minimum absolute atomic E-state index is 0.381. The average Bonchev–Trinajstić information content (AvgIpc) is 2.79. The molecule has 19 heavy (non-hydrogen) atoms. The van der Waals surface area contributed by atoms with Crippen molar-refractivity contribution in [3.8, 4) is 0 Å². The highest BCUT2D eigenvalue weighted by Gasteiger charge is 2.12. The Balaban J connectivity index is 2.07. The van der Waals surface area contributed by atoms with Gasteiger partial charge in [0.25, 0.3) is 0 Å². The summed E-state index contributed by atoms with van der Waals surface area (Å²) in [6, 6.07) is 5.34. The predicted molar refractivity (Wildman–Crippen MR) is 73.6 cm³/mol. The Hall–Kier alpha value is -1.10. The normalized spacial score (nSPS) is 12.6. The molecular formula is C13H14Cl2N2O2. The van der Waals surface area contributed by atoms with Crippen molar-refractivity contribution >= 4 is 23.2 Å². The second kappa shape index (κ2) is 6.37. The molecule has 1 aromatic carbocycles. The zero-order valence-corrected chi connectivity index (χ0v) is 11.9. The Labute approximate surface area is 121 Å². The van der Waals surface area contributed by atoms with Crippen LogP contribution in [0.5, 0.6) is 0 Å². The largest absolute Gasteiger partial charge is 0.393 e. The smallest absolute Gasteiger partial charge is 0.226 e. The molecule has 2 rings (SSSR count). The fourth-order valence-electron chi connectivity index (χ4n) is 1.66. The van der Waals surface area contributed by atoms with Gasteiger partial charge in [-0.25, -0.2) is 0 Å². The van der Waals surface area contributed by atoms with Gasteiger partial charge in [0.05, 0.1) is 6.10 Å². The Kier molecular flexibility index (Phi) is 4.80. The molecule has 0 amide bonds. The van der Waals surface area contributed by atoms with Gasteiger partial charge in [-0.3, -0.25) is 0 Å². The molecule has 0 saturated heterocycles. The van der Waals surface area contributed by atoms with Gasteiger partial charge in [-0.05, 0) is 31.0 Å². The number of aliphatic hydroxyl groups is 1. The molecule has 0 aliphatic rings. The van der Waals surface area contributed by atoms with Crippen LogP contribution in [0.2, 0.25) is 10.0 Å². The summed E-state index contributed by atoms with van der Waals surface area (Å²) >= 11 is 12.2. The summed E-state index contributed by atoms with van der Waals surface area (Å²) in [7, 11) is 0. The van der Waals surface area contributed by atoms with E-state index in [0.29, 0.717) is 41.0 Å². The van der Waals surface area contributed by atoms with E-state index in [9.17, 15) is 5.11 Å². The molecule has 102 valence electrons. The first-order valence-corrected chi connectivity index (χ1v) is 6.74. The summed E-state index contributed by atoms with van der Waals surface area (Å²) in [4.78, 5) is 4.25. The van der Waals surface area contributed by atoms with Gasteiger partial charge >= 0.3 is 0 Å². The van der Waals surface area contributed by atoms with Crippen LogP contribution in [0.15, 0.2) is 22.7 Å². The summed E-state index contributed by atoms with van der Waals surface area (Å²) in [5.74, 6) is 1.05. The van der Waals surface area contributed by atoms with Gasteiger partial charge in [-0.2, -0.15) is 4.98 Å². The Morgan fingerprint density at radius 3 is 2.63 bits per heavy atom. The molecule has 1 heterocycles. The zero-order valence-electron chi connectivity index (χ0n) is 10.4. The SMILES string of the molecule is CC(O)CCc1nc(Cc2c(Cl)cccc2Cl)no1. The quantitative estimate of drug-likeness (QED) is 0.920. The average molecular weight is 301 g/mol. The van der Waals surface area contributed by atoms with Gasteiger partial charge in [0.1, 0.15) is 0 Å². The fraction of sp³-hybridized carbons (Fsp3) is 0.385. The first kappa shape index (κ1) is 14.3. The second-order valence-electron chi connectivity index (χ2n) is 4.37. The molecule has 0 fully saturated rings. The van der Waals surface area contributed by atoms with Gasteiger partial charge in [-0.15, -0.1) is 0 Å². The maximum Gasteiger partial charge on any atom is 0.226 e. The van der Waals surface area contributed by atoms with Crippen LogP contribution in [0, 0.1) is 0 Å². The lowest BCUT2D eigenvalue weighted by Crippen LogP contribution is -2.01. The molecule has 0 radical (unpaired) electrons. The third kappa shape index (κ3) is 3.93. The standard InChI is InChI=1S/C13H14Cl2N2O2/c1-8(18)5-6-13-16-12(17-19-13)7-9-10(14)3-2-4-11(9)15/h2-4,8,18H,5-7H2,1H3. The van der Waals surface area contributed by atoms with Crippen LogP contribution in [-0.2, 0) is 12.8 Å². The van der Waals surface area contributed by atoms with Crippen molar-refractivity contribution in [3.63, 3.8) is 0 Å². The molecule has 0 aliphatic carbocycles. The first-order valence-electron chi connectivity index (χ1n) is 5.98. The minimum Gasteiger partial charge on any atom is -0.393 e. The van der Waals surface area contributed by atoms with E-state index in [0.717, 1.165) is 5.56 Å². The molecule has 1 aromatic heterocycles. The summed E-state index contributed by atoms with van der Waals surface area (Å²) in [6.45, 7) is 1.72. The first-order chi connectivity index (χ1) is 9.06.